The first kappa shape index (κ1) is 16.9. The number of hydrogen-bond donors (Lipinski definition) is 3. The van der Waals surface area contributed by atoms with Crippen molar-refractivity contribution in [2.24, 2.45) is 0 Å². The number of hydrogen-bond acceptors (Lipinski definition) is 3. The van der Waals surface area contributed by atoms with Crippen LogP contribution < -0.4 is 10.6 Å². The van der Waals surface area contributed by atoms with Crippen LogP contribution in [0, 0.1) is 5.82 Å². The second-order valence-corrected chi connectivity index (χ2v) is 5.89. The highest BCUT2D eigenvalue weighted by molar-refractivity contribution is 5.97. The van der Waals surface area contributed by atoms with E-state index in [1.165, 1.54) is 19.1 Å². The number of carboxylic acid groups (broad SMARTS) is 1. The zero-order chi connectivity index (χ0) is 17.0. The summed E-state index contributed by atoms with van der Waals surface area (Å²) in [6.45, 7) is 1.31. The maximum atomic E-state index is 13.9. The molecule has 0 radical (unpaired) electrons. The zero-order valence-electron chi connectivity index (χ0n) is 12.8. The minimum atomic E-state index is -1.00. The van der Waals surface area contributed by atoms with Crippen molar-refractivity contribution in [1.29, 1.82) is 0 Å². The largest absolute Gasteiger partial charge is 0.481 e. The van der Waals surface area contributed by atoms with Crippen LogP contribution in [0.2, 0.25) is 0 Å². The number of amides is 2. The van der Waals surface area contributed by atoms with E-state index in [2.05, 4.69) is 10.6 Å². The Morgan fingerprint density at radius 1 is 1.26 bits per heavy atom. The number of benzene rings is 1. The molecule has 1 fully saturated rings. The second-order valence-electron chi connectivity index (χ2n) is 5.89. The van der Waals surface area contributed by atoms with Gasteiger partial charge in [-0.25, -0.2) is 4.39 Å². The van der Waals surface area contributed by atoms with E-state index in [0.29, 0.717) is 18.5 Å². The molecule has 2 rings (SSSR count). The normalized spacial score (nSPS) is 15.9. The van der Waals surface area contributed by atoms with Crippen LogP contribution in [0.3, 0.4) is 0 Å². The molecule has 23 heavy (non-hydrogen) atoms. The fourth-order valence-electron chi connectivity index (χ4n) is 2.98. The van der Waals surface area contributed by atoms with Crippen LogP contribution in [0.4, 0.5) is 10.1 Å². The first-order chi connectivity index (χ1) is 10.8. The number of aliphatic carboxylic acids is 1. The molecule has 2 amide bonds. The molecule has 6 nitrogen and oxygen atoms in total. The highest BCUT2D eigenvalue weighted by atomic mass is 19.1. The van der Waals surface area contributed by atoms with Gasteiger partial charge in [-0.3, -0.25) is 14.4 Å². The lowest BCUT2D eigenvalue weighted by molar-refractivity contribution is -0.138. The number of nitrogens with one attached hydrogen (secondary N) is 2. The Morgan fingerprint density at radius 3 is 2.48 bits per heavy atom. The Bertz CT molecular complexity index is 639. The van der Waals surface area contributed by atoms with Gasteiger partial charge in [0, 0.05) is 12.6 Å². The maximum absolute atomic E-state index is 13.9. The molecule has 124 valence electrons. The van der Waals surface area contributed by atoms with Crippen molar-refractivity contribution in [3.05, 3.63) is 29.6 Å². The molecular formula is C16H19FN2O4. The number of halogens is 1. The van der Waals surface area contributed by atoms with E-state index in [4.69, 9.17) is 5.11 Å². The summed E-state index contributed by atoms with van der Waals surface area (Å²) in [6.07, 6.45) is 2.56. The van der Waals surface area contributed by atoms with E-state index >= 15 is 0 Å². The van der Waals surface area contributed by atoms with Crippen molar-refractivity contribution in [1.82, 2.24) is 5.32 Å². The number of carbonyl (C=O) groups is 3. The van der Waals surface area contributed by atoms with Crippen LogP contribution >= 0.6 is 0 Å². The van der Waals surface area contributed by atoms with Crippen molar-refractivity contribution in [3.63, 3.8) is 0 Å². The summed E-state index contributed by atoms with van der Waals surface area (Å²) in [6, 6.07) is 3.70. The van der Waals surface area contributed by atoms with Crippen molar-refractivity contribution in [2.45, 2.75) is 44.6 Å². The second kappa shape index (κ2) is 6.76. The third-order valence-corrected chi connectivity index (χ3v) is 3.96. The SMILES string of the molecule is CC(=O)Nc1ccc(F)c(C(=O)NC2(CC(=O)O)CCCC2)c1. The molecule has 3 N–H and O–H groups in total. The van der Waals surface area contributed by atoms with Gasteiger partial charge in [-0.2, -0.15) is 0 Å². The third kappa shape index (κ3) is 4.28. The summed E-state index contributed by atoms with van der Waals surface area (Å²) in [5, 5.41) is 14.2. The number of carboxylic acids is 1. The smallest absolute Gasteiger partial charge is 0.305 e. The first-order valence-corrected chi connectivity index (χ1v) is 7.43. The summed E-state index contributed by atoms with van der Waals surface area (Å²) in [5.74, 6) is -2.72. The molecule has 1 aromatic rings. The van der Waals surface area contributed by atoms with Crippen molar-refractivity contribution >= 4 is 23.5 Å². The van der Waals surface area contributed by atoms with Crippen molar-refractivity contribution in [3.8, 4) is 0 Å². The lowest BCUT2D eigenvalue weighted by Gasteiger charge is -2.28. The van der Waals surface area contributed by atoms with Gasteiger partial charge in [0.05, 0.1) is 17.5 Å². The molecule has 0 unspecified atom stereocenters. The maximum Gasteiger partial charge on any atom is 0.305 e. The molecule has 1 aromatic carbocycles. The minimum Gasteiger partial charge on any atom is -0.481 e. The average Bonchev–Trinajstić information content (AvgIpc) is 2.87. The molecule has 0 atom stereocenters. The van der Waals surface area contributed by atoms with E-state index in [0.717, 1.165) is 18.9 Å². The number of anilines is 1. The highest BCUT2D eigenvalue weighted by Gasteiger charge is 2.38. The molecule has 1 aliphatic rings. The summed E-state index contributed by atoms with van der Waals surface area (Å²) >= 11 is 0. The number of carbonyl (C=O) groups excluding carboxylic acids is 2. The molecule has 0 spiro atoms. The monoisotopic (exact) mass is 322 g/mol. The Balaban J connectivity index is 2.22. The van der Waals surface area contributed by atoms with E-state index < -0.39 is 23.2 Å². The van der Waals surface area contributed by atoms with Gasteiger partial charge < -0.3 is 15.7 Å². The van der Waals surface area contributed by atoms with Crippen LogP contribution in [0.25, 0.3) is 0 Å². The van der Waals surface area contributed by atoms with Gasteiger partial charge in [-0.05, 0) is 31.0 Å². The summed E-state index contributed by atoms with van der Waals surface area (Å²) in [7, 11) is 0. The fraction of sp³-hybridized carbons (Fsp3) is 0.438. The van der Waals surface area contributed by atoms with E-state index in [-0.39, 0.29) is 17.9 Å². The topological polar surface area (TPSA) is 95.5 Å². The standard InChI is InChI=1S/C16H19FN2O4/c1-10(20)18-11-4-5-13(17)12(8-11)15(23)19-16(9-14(21)22)6-2-3-7-16/h4-5,8H,2-3,6-7,9H2,1H3,(H,18,20)(H,19,23)(H,21,22). The van der Waals surface area contributed by atoms with Gasteiger partial charge in [0.15, 0.2) is 0 Å². The van der Waals surface area contributed by atoms with Crippen LogP contribution in [-0.4, -0.2) is 28.4 Å². The van der Waals surface area contributed by atoms with Crippen molar-refractivity contribution in [2.75, 3.05) is 5.32 Å². The molecule has 7 heteroatoms. The molecule has 1 saturated carbocycles. The van der Waals surface area contributed by atoms with E-state index in [1.807, 2.05) is 0 Å². The molecule has 0 saturated heterocycles. The molecule has 0 bridgehead atoms. The Morgan fingerprint density at radius 2 is 1.91 bits per heavy atom. The summed E-state index contributed by atoms with van der Waals surface area (Å²) < 4.78 is 13.9. The highest BCUT2D eigenvalue weighted by Crippen LogP contribution is 2.33. The molecule has 0 aliphatic heterocycles. The summed E-state index contributed by atoms with van der Waals surface area (Å²) in [5.41, 5.74) is -0.741. The van der Waals surface area contributed by atoms with Gasteiger partial charge in [-0.1, -0.05) is 12.8 Å². The quantitative estimate of drug-likeness (QED) is 0.775. The van der Waals surface area contributed by atoms with Crippen molar-refractivity contribution < 1.29 is 23.9 Å². The molecule has 1 aliphatic carbocycles. The van der Waals surface area contributed by atoms with Crippen LogP contribution in [0.5, 0.6) is 0 Å². The Kier molecular flexibility index (Phi) is 4.98. The molecular weight excluding hydrogens is 303 g/mol. The number of rotatable bonds is 5. The van der Waals surface area contributed by atoms with Gasteiger partial charge >= 0.3 is 5.97 Å². The summed E-state index contributed by atoms with van der Waals surface area (Å²) in [4.78, 5) is 34.5. The average molecular weight is 322 g/mol. The van der Waals surface area contributed by atoms with Gasteiger partial charge in [0.1, 0.15) is 5.82 Å². The Hall–Kier alpha value is -2.44. The van der Waals surface area contributed by atoms with Gasteiger partial charge in [0.25, 0.3) is 5.91 Å². The molecule has 0 heterocycles. The van der Waals surface area contributed by atoms with Crippen LogP contribution in [-0.2, 0) is 9.59 Å². The first-order valence-electron chi connectivity index (χ1n) is 7.43. The zero-order valence-corrected chi connectivity index (χ0v) is 12.8. The Labute approximate surface area is 133 Å². The van der Waals surface area contributed by atoms with Crippen LogP contribution in [0.1, 0.15) is 49.4 Å². The lowest BCUT2D eigenvalue weighted by Crippen LogP contribution is -2.48. The van der Waals surface area contributed by atoms with Crippen LogP contribution in [0.15, 0.2) is 18.2 Å². The van der Waals surface area contributed by atoms with E-state index in [1.54, 1.807) is 0 Å². The van der Waals surface area contributed by atoms with E-state index in [9.17, 15) is 18.8 Å². The van der Waals surface area contributed by atoms with Gasteiger partial charge in [-0.15, -0.1) is 0 Å². The third-order valence-electron chi connectivity index (χ3n) is 3.96. The lowest BCUT2D eigenvalue weighted by atomic mass is 9.92. The predicted molar refractivity (Wildman–Crippen MR) is 81.6 cm³/mol. The fourth-order valence-corrected chi connectivity index (χ4v) is 2.98. The molecule has 0 aromatic heterocycles. The minimum absolute atomic E-state index is 0.189. The predicted octanol–water partition coefficient (Wildman–Crippen LogP) is 2.30. The van der Waals surface area contributed by atoms with Gasteiger partial charge in [0.2, 0.25) is 5.91 Å².